The van der Waals surface area contributed by atoms with Crippen molar-refractivity contribution in [2.45, 2.75) is 26.4 Å². The minimum atomic E-state index is -0.278. The Bertz CT molecular complexity index is 1130. The van der Waals surface area contributed by atoms with Crippen LogP contribution in [0.1, 0.15) is 27.9 Å². The Balaban J connectivity index is 1.59. The first-order valence-corrected chi connectivity index (χ1v) is 10.2. The summed E-state index contributed by atoms with van der Waals surface area (Å²) < 4.78 is 14.0. The van der Waals surface area contributed by atoms with E-state index in [2.05, 4.69) is 64.5 Å². The maximum atomic E-state index is 14.0. The normalized spacial score (nSPS) is 11.1. The number of nitrogens with one attached hydrogen (secondary N) is 1. The molecule has 0 aliphatic rings. The van der Waals surface area contributed by atoms with Crippen LogP contribution < -0.4 is 0 Å². The summed E-state index contributed by atoms with van der Waals surface area (Å²) in [5.41, 5.74) is 5.27. The standard InChI is InChI=1S/C26H24FN3/c1-19-23(27)12-13-25-26(19)22(16-28)24(29-25)14-15-30(17-20-8-4-2-5-9-20)18-21-10-6-3-7-11-21/h2-13,29H,14-15,17-18H2,1H3. The molecule has 3 nitrogen and oxygen atoms in total. The number of hydrogen-bond acceptors (Lipinski definition) is 2. The van der Waals surface area contributed by atoms with E-state index in [1.807, 2.05) is 12.1 Å². The predicted molar refractivity (Wildman–Crippen MR) is 118 cm³/mol. The zero-order valence-corrected chi connectivity index (χ0v) is 17.0. The highest BCUT2D eigenvalue weighted by Gasteiger charge is 2.16. The molecule has 0 saturated carbocycles. The van der Waals surface area contributed by atoms with E-state index in [9.17, 15) is 9.65 Å². The quantitative estimate of drug-likeness (QED) is 0.433. The lowest BCUT2D eigenvalue weighted by Gasteiger charge is -2.22. The lowest BCUT2D eigenvalue weighted by molar-refractivity contribution is 0.259. The summed E-state index contributed by atoms with van der Waals surface area (Å²) in [6.45, 7) is 4.16. The van der Waals surface area contributed by atoms with Crippen LogP contribution in [0.15, 0.2) is 72.8 Å². The van der Waals surface area contributed by atoms with E-state index in [1.54, 1.807) is 13.0 Å². The maximum absolute atomic E-state index is 14.0. The van der Waals surface area contributed by atoms with Gasteiger partial charge < -0.3 is 4.98 Å². The Morgan fingerprint density at radius 3 is 2.07 bits per heavy atom. The molecule has 0 aliphatic heterocycles. The fourth-order valence-corrected chi connectivity index (χ4v) is 3.97. The molecule has 4 aromatic rings. The fraction of sp³-hybridized carbons (Fsp3) is 0.192. The molecule has 0 saturated heterocycles. The molecule has 150 valence electrons. The fourth-order valence-electron chi connectivity index (χ4n) is 3.97. The number of rotatable bonds is 7. The van der Waals surface area contributed by atoms with E-state index in [4.69, 9.17) is 0 Å². The van der Waals surface area contributed by atoms with E-state index in [-0.39, 0.29) is 5.82 Å². The molecule has 0 atom stereocenters. The number of aromatic nitrogens is 1. The van der Waals surface area contributed by atoms with Gasteiger partial charge in [-0.2, -0.15) is 5.26 Å². The Kier molecular flexibility index (Phi) is 5.92. The van der Waals surface area contributed by atoms with Gasteiger partial charge in [-0.05, 0) is 35.7 Å². The van der Waals surface area contributed by atoms with Crippen molar-refractivity contribution in [2.24, 2.45) is 0 Å². The summed E-state index contributed by atoms with van der Waals surface area (Å²) >= 11 is 0. The molecular formula is C26H24FN3. The van der Waals surface area contributed by atoms with Crippen LogP contribution in [0.5, 0.6) is 0 Å². The molecule has 3 aromatic carbocycles. The Morgan fingerprint density at radius 2 is 1.50 bits per heavy atom. The first kappa shape index (κ1) is 19.9. The molecule has 30 heavy (non-hydrogen) atoms. The summed E-state index contributed by atoms with van der Waals surface area (Å²) in [7, 11) is 0. The van der Waals surface area contributed by atoms with Gasteiger partial charge in [-0.1, -0.05) is 60.7 Å². The molecule has 0 spiro atoms. The highest BCUT2D eigenvalue weighted by Crippen LogP contribution is 2.27. The topological polar surface area (TPSA) is 42.8 Å². The first-order valence-electron chi connectivity index (χ1n) is 10.2. The lowest BCUT2D eigenvalue weighted by atomic mass is 10.0. The number of benzene rings is 3. The van der Waals surface area contributed by atoms with Crippen LogP contribution in [0.4, 0.5) is 4.39 Å². The van der Waals surface area contributed by atoms with Crippen LogP contribution in [0, 0.1) is 24.1 Å². The molecule has 0 radical (unpaired) electrons. The minimum absolute atomic E-state index is 0.278. The number of fused-ring (bicyclic) bond motifs is 1. The van der Waals surface area contributed by atoms with Crippen LogP contribution in [-0.4, -0.2) is 16.4 Å². The van der Waals surface area contributed by atoms with Gasteiger partial charge in [0.1, 0.15) is 11.9 Å². The number of aromatic amines is 1. The van der Waals surface area contributed by atoms with Crippen LogP contribution in [0.3, 0.4) is 0 Å². The summed E-state index contributed by atoms with van der Waals surface area (Å²) in [6, 6.07) is 26.3. The van der Waals surface area contributed by atoms with Crippen molar-refractivity contribution in [3.05, 3.63) is 107 Å². The number of halogens is 1. The highest BCUT2D eigenvalue weighted by molar-refractivity contribution is 5.90. The van der Waals surface area contributed by atoms with E-state index < -0.39 is 0 Å². The minimum Gasteiger partial charge on any atom is -0.357 e. The van der Waals surface area contributed by atoms with E-state index in [1.165, 1.54) is 17.2 Å². The van der Waals surface area contributed by atoms with Crippen LogP contribution in [0.2, 0.25) is 0 Å². The van der Waals surface area contributed by atoms with E-state index in [0.29, 0.717) is 22.9 Å². The molecule has 0 aliphatic carbocycles. The third kappa shape index (κ3) is 4.27. The predicted octanol–water partition coefficient (Wildman–Crippen LogP) is 5.73. The largest absolute Gasteiger partial charge is 0.357 e. The van der Waals surface area contributed by atoms with Gasteiger partial charge in [0.15, 0.2) is 0 Å². The van der Waals surface area contributed by atoms with Crippen molar-refractivity contribution >= 4 is 10.9 Å². The lowest BCUT2D eigenvalue weighted by Crippen LogP contribution is -2.25. The third-order valence-electron chi connectivity index (χ3n) is 5.52. The van der Waals surface area contributed by atoms with Crippen molar-refractivity contribution in [3.8, 4) is 6.07 Å². The number of hydrogen-bond donors (Lipinski definition) is 1. The Hall–Kier alpha value is -3.42. The monoisotopic (exact) mass is 397 g/mol. The molecular weight excluding hydrogens is 373 g/mol. The van der Waals surface area contributed by atoms with Gasteiger partial charge >= 0.3 is 0 Å². The SMILES string of the molecule is Cc1c(F)ccc2[nH]c(CCN(Cc3ccccc3)Cc3ccccc3)c(C#N)c12. The Morgan fingerprint density at radius 1 is 0.900 bits per heavy atom. The second-order valence-electron chi connectivity index (χ2n) is 7.62. The van der Waals surface area contributed by atoms with Gasteiger partial charge in [0.25, 0.3) is 0 Å². The van der Waals surface area contributed by atoms with Crippen molar-refractivity contribution in [3.63, 3.8) is 0 Å². The average molecular weight is 397 g/mol. The van der Waals surface area contributed by atoms with Crippen LogP contribution >= 0.6 is 0 Å². The number of nitrogens with zero attached hydrogens (tertiary/aromatic N) is 2. The third-order valence-corrected chi connectivity index (χ3v) is 5.52. The molecule has 0 fully saturated rings. The zero-order valence-electron chi connectivity index (χ0n) is 17.0. The van der Waals surface area contributed by atoms with Crippen LogP contribution in [0.25, 0.3) is 10.9 Å². The van der Waals surface area contributed by atoms with Crippen molar-refractivity contribution < 1.29 is 4.39 Å². The van der Waals surface area contributed by atoms with Gasteiger partial charge in [0.05, 0.1) is 5.56 Å². The number of nitriles is 1. The summed E-state index contributed by atoms with van der Waals surface area (Å²) in [5, 5.41) is 10.4. The number of aryl methyl sites for hydroxylation is 1. The van der Waals surface area contributed by atoms with Gasteiger partial charge in [-0.25, -0.2) is 4.39 Å². The highest BCUT2D eigenvalue weighted by atomic mass is 19.1. The number of H-pyrrole nitrogens is 1. The van der Waals surface area contributed by atoms with Gasteiger partial charge in [0, 0.05) is 42.7 Å². The second kappa shape index (κ2) is 8.94. The maximum Gasteiger partial charge on any atom is 0.126 e. The van der Waals surface area contributed by atoms with Crippen molar-refractivity contribution in [1.29, 1.82) is 5.26 Å². The van der Waals surface area contributed by atoms with Gasteiger partial charge in [0.2, 0.25) is 0 Å². The smallest absolute Gasteiger partial charge is 0.126 e. The molecule has 0 bridgehead atoms. The summed E-state index contributed by atoms with van der Waals surface area (Å²) in [6.07, 6.45) is 0.693. The molecule has 4 heteroatoms. The first-order chi connectivity index (χ1) is 14.7. The average Bonchev–Trinajstić information content (AvgIpc) is 3.14. The summed E-state index contributed by atoms with van der Waals surface area (Å²) in [5.74, 6) is -0.278. The molecule has 0 amide bonds. The summed E-state index contributed by atoms with van der Waals surface area (Å²) in [4.78, 5) is 5.73. The van der Waals surface area contributed by atoms with Gasteiger partial charge in [-0.15, -0.1) is 0 Å². The Labute approximate surface area is 176 Å². The van der Waals surface area contributed by atoms with Gasteiger partial charge in [-0.3, -0.25) is 4.90 Å². The van der Waals surface area contributed by atoms with Crippen LogP contribution in [-0.2, 0) is 19.5 Å². The second-order valence-corrected chi connectivity index (χ2v) is 7.62. The molecule has 0 unspecified atom stereocenters. The molecule has 1 aromatic heterocycles. The van der Waals surface area contributed by atoms with E-state index >= 15 is 0 Å². The molecule has 1 heterocycles. The van der Waals surface area contributed by atoms with Crippen molar-refractivity contribution in [2.75, 3.05) is 6.54 Å². The van der Waals surface area contributed by atoms with Crippen molar-refractivity contribution in [1.82, 2.24) is 9.88 Å². The molecule has 1 N–H and O–H groups in total. The van der Waals surface area contributed by atoms with E-state index in [0.717, 1.165) is 30.8 Å². The molecule has 4 rings (SSSR count). The zero-order chi connectivity index (χ0) is 20.9.